The SMILES string of the molecule is CN(C)CC1CSc2c(Cl)cc(Cl)cc2C1=NNC(N)=S.Cl. The highest BCUT2D eigenvalue weighted by Crippen LogP contribution is 2.40. The van der Waals surface area contributed by atoms with Gasteiger partial charge in [-0.05, 0) is 38.4 Å². The molecule has 4 nitrogen and oxygen atoms in total. The Balaban J connectivity index is 0.00000242. The Morgan fingerprint density at radius 1 is 1.50 bits per heavy atom. The Labute approximate surface area is 156 Å². The van der Waals surface area contributed by atoms with Gasteiger partial charge in [-0.15, -0.1) is 24.2 Å². The van der Waals surface area contributed by atoms with E-state index in [2.05, 4.69) is 15.4 Å². The molecule has 0 bridgehead atoms. The molecule has 9 heteroatoms. The molecule has 0 fully saturated rings. The second-order valence-corrected chi connectivity index (χ2v) is 7.32. The number of thiocarbonyl (C=S) groups is 1. The number of nitrogens with zero attached hydrogens (tertiary/aromatic N) is 2. The van der Waals surface area contributed by atoms with Crippen molar-refractivity contribution >= 4 is 70.4 Å². The molecule has 1 aliphatic rings. The maximum absolute atomic E-state index is 6.29. The summed E-state index contributed by atoms with van der Waals surface area (Å²) in [7, 11) is 4.06. The topological polar surface area (TPSA) is 53.6 Å². The van der Waals surface area contributed by atoms with E-state index in [4.69, 9.17) is 41.2 Å². The maximum Gasteiger partial charge on any atom is 0.184 e. The molecule has 1 unspecified atom stereocenters. The van der Waals surface area contributed by atoms with E-state index in [9.17, 15) is 0 Å². The number of nitrogens with two attached hydrogens (primary N) is 1. The summed E-state index contributed by atoms with van der Waals surface area (Å²) in [6.45, 7) is 0.869. The van der Waals surface area contributed by atoms with Gasteiger partial charge in [-0.1, -0.05) is 23.2 Å². The molecular formula is C13H17Cl3N4S2. The standard InChI is InChI=1S/C13H16Cl2N4S2.ClH/c1-19(2)5-7-6-21-12-9(3-8(14)4-10(12)15)11(7)17-18-13(16)20;/h3-4,7H,5-6H2,1-2H3,(H3,16,18,20);1H. The van der Waals surface area contributed by atoms with Crippen molar-refractivity contribution in [1.82, 2.24) is 10.3 Å². The number of nitrogens with one attached hydrogen (secondary N) is 1. The lowest BCUT2D eigenvalue weighted by Crippen LogP contribution is -2.35. The van der Waals surface area contributed by atoms with Gasteiger partial charge in [-0.25, -0.2) is 0 Å². The lowest BCUT2D eigenvalue weighted by atomic mass is 9.97. The van der Waals surface area contributed by atoms with E-state index in [0.717, 1.165) is 28.5 Å². The van der Waals surface area contributed by atoms with Crippen molar-refractivity contribution < 1.29 is 0 Å². The number of benzene rings is 1. The number of thioether (sulfide) groups is 1. The summed E-state index contributed by atoms with van der Waals surface area (Å²) in [4.78, 5) is 3.12. The summed E-state index contributed by atoms with van der Waals surface area (Å²) in [5.74, 6) is 1.14. The highest BCUT2D eigenvalue weighted by molar-refractivity contribution is 7.99. The molecule has 22 heavy (non-hydrogen) atoms. The smallest absolute Gasteiger partial charge is 0.184 e. The van der Waals surface area contributed by atoms with Gasteiger partial charge < -0.3 is 10.6 Å². The van der Waals surface area contributed by atoms with Crippen LogP contribution in [0.5, 0.6) is 0 Å². The van der Waals surface area contributed by atoms with Crippen LogP contribution in [0.3, 0.4) is 0 Å². The first-order valence-electron chi connectivity index (χ1n) is 6.28. The minimum atomic E-state index is 0. The van der Waals surface area contributed by atoms with Gasteiger partial charge >= 0.3 is 0 Å². The largest absolute Gasteiger partial charge is 0.375 e. The van der Waals surface area contributed by atoms with Gasteiger partial charge in [-0.3, -0.25) is 5.43 Å². The van der Waals surface area contributed by atoms with Gasteiger partial charge in [-0.2, -0.15) is 5.10 Å². The molecule has 2 rings (SSSR count). The first-order valence-corrected chi connectivity index (χ1v) is 8.43. The lowest BCUT2D eigenvalue weighted by molar-refractivity contribution is 0.382. The van der Waals surface area contributed by atoms with Crippen LogP contribution in [-0.4, -0.2) is 42.1 Å². The van der Waals surface area contributed by atoms with Crippen LogP contribution in [0.25, 0.3) is 0 Å². The molecule has 0 amide bonds. The number of hydrazone groups is 1. The van der Waals surface area contributed by atoms with Crippen molar-refractivity contribution in [2.75, 3.05) is 26.4 Å². The van der Waals surface area contributed by atoms with Crippen LogP contribution in [0, 0.1) is 5.92 Å². The Kier molecular flexibility index (Phi) is 7.71. The zero-order valence-electron chi connectivity index (χ0n) is 12.1. The third-order valence-corrected chi connectivity index (χ3v) is 4.99. The summed E-state index contributed by atoms with van der Waals surface area (Å²) in [6.07, 6.45) is 0. The molecular weight excluding hydrogens is 383 g/mol. The Hall–Kier alpha value is -0.240. The molecule has 1 heterocycles. The van der Waals surface area contributed by atoms with Crippen molar-refractivity contribution in [3.63, 3.8) is 0 Å². The number of rotatable bonds is 3. The molecule has 1 atom stereocenters. The van der Waals surface area contributed by atoms with Crippen molar-refractivity contribution in [2.45, 2.75) is 4.90 Å². The molecule has 0 aromatic heterocycles. The van der Waals surface area contributed by atoms with E-state index < -0.39 is 0 Å². The molecule has 0 saturated heterocycles. The lowest BCUT2D eigenvalue weighted by Gasteiger charge is -2.29. The van der Waals surface area contributed by atoms with E-state index in [1.54, 1.807) is 17.8 Å². The molecule has 0 saturated carbocycles. The Morgan fingerprint density at radius 2 is 2.18 bits per heavy atom. The van der Waals surface area contributed by atoms with Crippen LogP contribution in [0.4, 0.5) is 0 Å². The normalized spacial score (nSPS) is 18.8. The molecule has 3 N–H and O–H groups in total. The second kappa shape index (κ2) is 8.57. The van der Waals surface area contributed by atoms with Gasteiger partial charge in [0.1, 0.15) is 0 Å². The van der Waals surface area contributed by atoms with Crippen LogP contribution < -0.4 is 11.2 Å². The average molecular weight is 400 g/mol. The van der Waals surface area contributed by atoms with E-state index in [0.29, 0.717) is 10.0 Å². The third-order valence-electron chi connectivity index (χ3n) is 2.97. The summed E-state index contributed by atoms with van der Waals surface area (Å²) < 4.78 is 0. The quantitative estimate of drug-likeness (QED) is 0.603. The predicted octanol–water partition coefficient (Wildman–Crippen LogP) is 3.24. The van der Waals surface area contributed by atoms with E-state index in [1.807, 2.05) is 20.2 Å². The number of hydrogen-bond acceptors (Lipinski definition) is 4. The third kappa shape index (κ3) is 4.88. The molecule has 1 aromatic carbocycles. The van der Waals surface area contributed by atoms with E-state index >= 15 is 0 Å². The van der Waals surface area contributed by atoms with Crippen molar-refractivity contribution in [3.05, 3.63) is 27.7 Å². The van der Waals surface area contributed by atoms with Crippen LogP contribution in [0.2, 0.25) is 10.0 Å². The van der Waals surface area contributed by atoms with Crippen LogP contribution in [0.15, 0.2) is 22.1 Å². The maximum atomic E-state index is 6.29. The molecule has 0 radical (unpaired) electrons. The minimum Gasteiger partial charge on any atom is -0.375 e. The molecule has 1 aliphatic heterocycles. The Bertz CT molecular complexity index is 593. The van der Waals surface area contributed by atoms with Gasteiger partial charge in [0.2, 0.25) is 0 Å². The molecule has 122 valence electrons. The van der Waals surface area contributed by atoms with E-state index in [1.165, 1.54) is 0 Å². The van der Waals surface area contributed by atoms with Crippen LogP contribution in [0.1, 0.15) is 5.56 Å². The Morgan fingerprint density at radius 3 is 2.77 bits per heavy atom. The zero-order chi connectivity index (χ0) is 15.6. The van der Waals surface area contributed by atoms with Crippen molar-refractivity contribution in [3.8, 4) is 0 Å². The first-order chi connectivity index (χ1) is 9.88. The molecule has 1 aromatic rings. The van der Waals surface area contributed by atoms with E-state index in [-0.39, 0.29) is 23.4 Å². The van der Waals surface area contributed by atoms with Crippen molar-refractivity contribution in [2.24, 2.45) is 16.8 Å². The first kappa shape index (κ1) is 19.8. The zero-order valence-corrected chi connectivity index (χ0v) is 16.1. The van der Waals surface area contributed by atoms with Gasteiger partial charge in [0.15, 0.2) is 5.11 Å². The van der Waals surface area contributed by atoms with Gasteiger partial charge in [0, 0.05) is 33.7 Å². The number of fused-ring (bicyclic) bond motifs is 1. The monoisotopic (exact) mass is 398 g/mol. The molecule has 0 spiro atoms. The fraction of sp³-hybridized carbons (Fsp3) is 0.385. The van der Waals surface area contributed by atoms with Crippen LogP contribution >= 0.6 is 59.6 Å². The fourth-order valence-electron chi connectivity index (χ4n) is 2.23. The molecule has 0 aliphatic carbocycles. The number of halogens is 3. The van der Waals surface area contributed by atoms with Crippen molar-refractivity contribution in [1.29, 1.82) is 0 Å². The van der Waals surface area contributed by atoms with Gasteiger partial charge in [0.25, 0.3) is 0 Å². The highest BCUT2D eigenvalue weighted by atomic mass is 35.5. The van der Waals surface area contributed by atoms with Crippen LogP contribution in [-0.2, 0) is 0 Å². The summed E-state index contributed by atoms with van der Waals surface area (Å²) in [5, 5.41) is 5.76. The predicted molar refractivity (Wildman–Crippen MR) is 103 cm³/mol. The second-order valence-electron chi connectivity index (χ2n) is 5.01. The minimum absolute atomic E-state index is 0. The average Bonchev–Trinajstić information content (AvgIpc) is 2.36. The summed E-state index contributed by atoms with van der Waals surface area (Å²) in [6, 6.07) is 3.64. The summed E-state index contributed by atoms with van der Waals surface area (Å²) >= 11 is 19.0. The number of hydrogen-bond donors (Lipinski definition) is 2. The van der Waals surface area contributed by atoms with Gasteiger partial charge in [0.05, 0.1) is 10.7 Å². The fourth-order valence-corrected chi connectivity index (χ4v) is 4.08. The summed E-state index contributed by atoms with van der Waals surface area (Å²) in [5.41, 5.74) is 9.99. The highest BCUT2D eigenvalue weighted by Gasteiger charge is 2.28.